The van der Waals surface area contributed by atoms with Gasteiger partial charge in [0.25, 0.3) is 0 Å². The molecule has 0 fully saturated rings. The lowest BCUT2D eigenvalue weighted by atomic mass is 9.99. The van der Waals surface area contributed by atoms with Crippen LogP contribution >= 0.6 is 0 Å². The Hall–Kier alpha value is -0.0800. The van der Waals surface area contributed by atoms with E-state index >= 15 is 0 Å². The van der Waals surface area contributed by atoms with Gasteiger partial charge in [0.2, 0.25) is 0 Å². The van der Waals surface area contributed by atoms with Gasteiger partial charge in [-0.05, 0) is 39.0 Å². The fourth-order valence-electron chi connectivity index (χ4n) is 1.06. The van der Waals surface area contributed by atoms with Crippen LogP contribution in [0.1, 0.15) is 54.4 Å². The molecule has 0 N–H and O–H groups in total. The molecular formula is C13H28O2. The van der Waals surface area contributed by atoms with Crippen molar-refractivity contribution in [2.45, 2.75) is 60.0 Å². The Morgan fingerprint density at radius 3 is 1.80 bits per heavy atom. The third-order valence-electron chi connectivity index (χ3n) is 1.75. The molecule has 0 heterocycles. The average molecular weight is 216 g/mol. The monoisotopic (exact) mass is 216 g/mol. The number of ether oxygens (including phenoxy) is 2. The standard InChI is InChI=1S/C13H28O2/c1-12(2,3)11-14-9-7-8-10-15-13(4,5)6/h7-11H2,1-6H3. The minimum atomic E-state index is -0.00767. The third-order valence-corrected chi connectivity index (χ3v) is 1.75. The Kier molecular flexibility index (Phi) is 6.46. The van der Waals surface area contributed by atoms with Crippen molar-refractivity contribution in [1.82, 2.24) is 0 Å². The summed E-state index contributed by atoms with van der Waals surface area (Å²) in [5, 5.41) is 0. The van der Waals surface area contributed by atoms with Crippen LogP contribution in [0.5, 0.6) is 0 Å². The Labute approximate surface area is 95.3 Å². The van der Waals surface area contributed by atoms with Gasteiger partial charge in [-0.15, -0.1) is 0 Å². The van der Waals surface area contributed by atoms with Gasteiger partial charge >= 0.3 is 0 Å². The zero-order chi connectivity index (χ0) is 11.9. The van der Waals surface area contributed by atoms with Crippen LogP contribution in [0.25, 0.3) is 0 Å². The van der Waals surface area contributed by atoms with Crippen molar-refractivity contribution in [3.8, 4) is 0 Å². The predicted octanol–water partition coefficient (Wildman–Crippen LogP) is 3.64. The minimum Gasteiger partial charge on any atom is -0.381 e. The summed E-state index contributed by atoms with van der Waals surface area (Å²) >= 11 is 0. The summed E-state index contributed by atoms with van der Waals surface area (Å²) in [5.74, 6) is 0. The lowest BCUT2D eigenvalue weighted by molar-refractivity contribution is -0.00878. The third kappa shape index (κ3) is 13.9. The Bertz CT molecular complexity index is 133. The van der Waals surface area contributed by atoms with Crippen LogP contribution in [0.15, 0.2) is 0 Å². The van der Waals surface area contributed by atoms with Crippen molar-refractivity contribution in [2.24, 2.45) is 5.41 Å². The average Bonchev–Trinajstić information content (AvgIpc) is 1.98. The quantitative estimate of drug-likeness (QED) is 0.631. The molecule has 0 aromatic rings. The molecule has 0 saturated heterocycles. The molecule has 0 aliphatic heterocycles. The summed E-state index contributed by atoms with van der Waals surface area (Å²) in [7, 11) is 0. The first-order valence-corrected chi connectivity index (χ1v) is 5.92. The van der Waals surface area contributed by atoms with Crippen molar-refractivity contribution in [2.75, 3.05) is 19.8 Å². The number of hydrogen-bond donors (Lipinski definition) is 0. The highest BCUT2D eigenvalue weighted by Crippen LogP contribution is 2.13. The summed E-state index contributed by atoms with van der Waals surface area (Å²) in [6, 6.07) is 0. The van der Waals surface area contributed by atoms with Gasteiger partial charge in [0.15, 0.2) is 0 Å². The van der Waals surface area contributed by atoms with Crippen LogP contribution in [-0.4, -0.2) is 25.4 Å². The van der Waals surface area contributed by atoms with Crippen molar-refractivity contribution in [3.63, 3.8) is 0 Å². The molecule has 0 atom stereocenters. The van der Waals surface area contributed by atoms with Crippen LogP contribution in [0, 0.1) is 5.41 Å². The molecule has 0 saturated carbocycles. The molecule has 0 aromatic carbocycles. The van der Waals surface area contributed by atoms with Crippen molar-refractivity contribution >= 4 is 0 Å². The lowest BCUT2D eigenvalue weighted by Gasteiger charge is -2.20. The second-order valence-corrected chi connectivity index (χ2v) is 6.28. The van der Waals surface area contributed by atoms with Gasteiger partial charge in [0, 0.05) is 13.2 Å². The van der Waals surface area contributed by atoms with Crippen molar-refractivity contribution in [1.29, 1.82) is 0 Å². The highest BCUT2D eigenvalue weighted by molar-refractivity contribution is 4.59. The largest absolute Gasteiger partial charge is 0.381 e. The highest BCUT2D eigenvalue weighted by atomic mass is 16.5. The Morgan fingerprint density at radius 1 is 0.800 bits per heavy atom. The molecule has 0 unspecified atom stereocenters. The predicted molar refractivity (Wildman–Crippen MR) is 65.2 cm³/mol. The van der Waals surface area contributed by atoms with Gasteiger partial charge in [-0.25, -0.2) is 0 Å². The summed E-state index contributed by atoms with van der Waals surface area (Å²) in [6.45, 7) is 15.4. The van der Waals surface area contributed by atoms with E-state index in [4.69, 9.17) is 9.47 Å². The van der Waals surface area contributed by atoms with E-state index in [1.165, 1.54) is 0 Å². The number of unbranched alkanes of at least 4 members (excludes halogenated alkanes) is 1. The minimum absolute atomic E-state index is 0.00767. The molecule has 2 heteroatoms. The molecule has 2 nitrogen and oxygen atoms in total. The summed E-state index contributed by atoms with van der Waals surface area (Å²) < 4.78 is 11.2. The second kappa shape index (κ2) is 6.49. The molecular weight excluding hydrogens is 188 g/mol. The molecule has 0 rings (SSSR count). The smallest absolute Gasteiger partial charge is 0.0598 e. The van der Waals surface area contributed by atoms with Gasteiger partial charge in [-0.3, -0.25) is 0 Å². The van der Waals surface area contributed by atoms with Crippen LogP contribution in [0.3, 0.4) is 0 Å². The molecule has 0 amide bonds. The second-order valence-electron chi connectivity index (χ2n) is 6.28. The van der Waals surface area contributed by atoms with E-state index in [0.717, 1.165) is 32.7 Å². The number of rotatable bonds is 6. The van der Waals surface area contributed by atoms with E-state index in [2.05, 4.69) is 41.5 Å². The first-order valence-electron chi connectivity index (χ1n) is 5.92. The van der Waals surface area contributed by atoms with Crippen molar-refractivity contribution < 1.29 is 9.47 Å². The van der Waals surface area contributed by atoms with E-state index < -0.39 is 0 Å². The van der Waals surface area contributed by atoms with Gasteiger partial charge < -0.3 is 9.47 Å². The van der Waals surface area contributed by atoms with Crippen LogP contribution < -0.4 is 0 Å². The maximum absolute atomic E-state index is 5.62. The first kappa shape index (κ1) is 14.9. The van der Waals surface area contributed by atoms with Crippen molar-refractivity contribution in [3.05, 3.63) is 0 Å². The van der Waals surface area contributed by atoms with Gasteiger partial charge in [0.05, 0.1) is 12.2 Å². The van der Waals surface area contributed by atoms with E-state index in [9.17, 15) is 0 Å². The molecule has 0 bridgehead atoms. The van der Waals surface area contributed by atoms with Crippen LogP contribution in [0.2, 0.25) is 0 Å². The molecule has 92 valence electrons. The SMILES string of the molecule is CC(C)(C)COCCCCOC(C)(C)C. The van der Waals surface area contributed by atoms with Gasteiger partial charge in [-0.1, -0.05) is 20.8 Å². The molecule has 0 radical (unpaired) electrons. The maximum Gasteiger partial charge on any atom is 0.0598 e. The van der Waals surface area contributed by atoms with E-state index in [1.807, 2.05) is 0 Å². The molecule has 0 aliphatic carbocycles. The van der Waals surface area contributed by atoms with E-state index in [1.54, 1.807) is 0 Å². The van der Waals surface area contributed by atoms with Crippen LogP contribution in [0.4, 0.5) is 0 Å². The van der Waals surface area contributed by atoms with Crippen LogP contribution in [-0.2, 0) is 9.47 Å². The van der Waals surface area contributed by atoms with Gasteiger partial charge in [-0.2, -0.15) is 0 Å². The molecule has 0 aliphatic rings. The van der Waals surface area contributed by atoms with E-state index in [-0.39, 0.29) is 11.0 Å². The fourth-order valence-corrected chi connectivity index (χ4v) is 1.06. The highest BCUT2D eigenvalue weighted by Gasteiger charge is 2.10. The summed E-state index contributed by atoms with van der Waals surface area (Å²) in [6.07, 6.45) is 2.17. The molecule has 0 aromatic heterocycles. The molecule has 0 spiro atoms. The first-order chi connectivity index (χ1) is 6.71. The summed E-state index contributed by atoms with van der Waals surface area (Å²) in [4.78, 5) is 0. The zero-order valence-corrected chi connectivity index (χ0v) is 11.4. The van der Waals surface area contributed by atoms with E-state index in [0.29, 0.717) is 0 Å². The fraction of sp³-hybridized carbons (Fsp3) is 1.00. The number of hydrogen-bond acceptors (Lipinski definition) is 2. The van der Waals surface area contributed by atoms with Gasteiger partial charge in [0.1, 0.15) is 0 Å². The maximum atomic E-state index is 5.62. The topological polar surface area (TPSA) is 18.5 Å². The lowest BCUT2D eigenvalue weighted by Crippen LogP contribution is -2.20. The zero-order valence-electron chi connectivity index (χ0n) is 11.4. The Balaban J connectivity index is 3.20. The summed E-state index contributed by atoms with van der Waals surface area (Å²) in [5.41, 5.74) is 0.272. The Morgan fingerprint density at radius 2 is 1.33 bits per heavy atom. The normalized spacial score (nSPS) is 13.2. The molecule has 15 heavy (non-hydrogen) atoms.